The summed E-state index contributed by atoms with van der Waals surface area (Å²) in [7, 11) is 1.66. The minimum Gasteiger partial charge on any atom is -0.495 e. The molecule has 27 heavy (non-hydrogen) atoms. The summed E-state index contributed by atoms with van der Waals surface area (Å²) in [6.45, 7) is 2.73. The second kappa shape index (κ2) is 8.64. The number of nitrogens with zero attached hydrogens (tertiary/aromatic N) is 3. The Morgan fingerprint density at radius 3 is 2.56 bits per heavy atom. The van der Waals surface area contributed by atoms with Crippen LogP contribution in [0.4, 0.5) is 5.69 Å². The smallest absolute Gasteiger partial charge is 0.208 e. The minimum absolute atomic E-state index is 0.373. The van der Waals surface area contributed by atoms with Crippen LogP contribution < -0.4 is 15.0 Å². The van der Waals surface area contributed by atoms with E-state index in [9.17, 15) is 9.59 Å². The molecule has 1 aromatic heterocycles. The largest absolute Gasteiger partial charge is 0.495 e. The van der Waals surface area contributed by atoms with Crippen LogP contribution in [0.15, 0.2) is 48.8 Å². The maximum atomic E-state index is 12.1. The summed E-state index contributed by atoms with van der Waals surface area (Å²) in [5, 5.41) is 2.75. The number of rotatable bonds is 8. The molecule has 0 bridgehead atoms. The van der Waals surface area contributed by atoms with Gasteiger partial charge in [-0.05, 0) is 23.8 Å². The van der Waals surface area contributed by atoms with E-state index in [0.717, 1.165) is 36.4 Å². The Labute approximate surface area is 158 Å². The van der Waals surface area contributed by atoms with Crippen LogP contribution in [-0.2, 0) is 16.0 Å². The Hall–Kier alpha value is -2.93. The van der Waals surface area contributed by atoms with Crippen LogP contribution in [0.2, 0.25) is 0 Å². The summed E-state index contributed by atoms with van der Waals surface area (Å²) in [6.07, 6.45) is 5.20. The Balaban J connectivity index is 1.76. The van der Waals surface area contributed by atoms with Crippen molar-refractivity contribution < 1.29 is 14.3 Å². The number of anilines is 1. The second-order valence-electron chi connectivity index (χ2n) is 6.49. The first kappa shape index (κ1) is 18.8. The summed E-state index contributed by atoms with van der Waals surface area (Å²) < 4.78 is 5.45. The van der Waals surface area contributed by atoms with Gasteiger partial charge in [0.1, 0.15) is 5.75 Å². The molecule has 0 aliphatic carbocycles. The highest BCUT2D eigenvalue weighted by Crippen LogP contribution is 2.29. The number of pyridine rings is 1. The van der Waals surface area contributed by atoms with E-state index in [2.05, 4.69) is 15.2 Å². The molecule has 0 radical (unpaired) electrons. The molecule has 1 atom stereocenters. The monoisotopic (exact) mass is 368 g/mol. The standard InChI is InChI=1S/C20H24N4O3/c1-27-19-7-3-2-6-18(19)23-9-11-24(12-10-23)20(15-25,22-16-26)13-17-5-4-8-21-14-17/h2-8,14-16H,9-13H2,1H3,(H,22,26). The lowest BCUT2D eigenvalue weighted by Gasteiger charge is -2.45. The molecule has 1 unspecified atom stereocenters. The Morgan fingerprint density at radius 1 is 1.15 bits per heavy atom. The van der Waals surface area contributed by atoms with Gasteiger partial charge >= 0.3 is 0 Å². The summed E-state index contributed by atoms with van der Waals surface area (Å²) in [6, 6.07) is 11.6. The number of benzene rings is 1. The van der Waals surface area contributed by atoms with E-state index in [1.165, 1.54) is 0 Å². The lowest BCUT2D eigenvalue weighted by molar-refractivity contribution is -0.127. The molecule has 2 aromatic rings. The van der Waals surface area contributed by atoms with E-state index < -0.39 is 5.66 Å². The molecule has 1 amide bonds. The highest BCUT2D eigenvalue weighted by molar-refractivity contribution is 5.70. The van der Waals surface area contributed by atoms with Crippen LogP contribution in [0.5, 0.6) is 5.75 Å². The van der Waals surface area contributed by atoms with Crippen LogP contribution in [0, 0.1) is 0 Å². The van der Waals surface area contributed by atoms with Gasteiger partial charge in [-0.1, -0.05) is 18.2 Å². The number of hydrogen-bond acceptors (Lipinski definition) is 6. The number of ether oxygens (including phenoxy) is 1. The first-order valence-corrected chi connectivity index (χ1v) is 8.92. The highest BCUT2D eigenvalue weighted by atomic mass is 16.5. The summed E-state index contributed by atoms with van der Waals surface area (Å²) in [5.41, 5.74) is 0.857. The van der Waals surface area contributed by atoms with E-state index in [1.54, 1.807) is 19.5 Å². The maximum Gasteiger partial charge on any atom is 0.208 e. The Morgan fingerprint density at radius 2 is 1.93 bits per heavy atom. The zero-order chi connectivity index (χ0) is 19.1. The predicted molar refractivity (Wildman–Crippen MR) is 103 cm³/mol. The number of nitrogens with one attached hydrogen (secondary N) is 1. The quantitative estimate of drug-likeness (QED) is 0.704. The molecule has 1 aliphatic rings. The fourth-order valence-corrected chi connectivity index (χ4v) is 3.56. The van der Waals surface area contributed by atoms with Gasteiger partial charge in [-0.3, -0.25) is 19.5 Å². The summed E-state index contributed by atoms with van der Waals surface area (Å²) in [4.78, 5) is 31.7. The Kier molecular flexibility index (Phi) is 6.03. The van der Waals surface area contributed by atoms with Gasteiger partial charge in [0.25, 0.3) is 0 Å². The van der Waals surface area contributed by atoms with Crippen LogP contribution in [0.1, 0.15) is 5.56 Å². The van der Waals surface area contributed by atoms with Gasteiger partial charge in [0, 0.05) is 45.0 Å². The van der Waals surface area contributed by atoms with E-state index in [0.29, 0.717) is 25.9 Å². The fraction of sp³-hybridized carbons (Fsp3) is 0.350. The fourth-order valence-electron chi connectivity index (χ4n) is 3.56. The maximum absolute atomic E-state index is 12.1. The number of carbonyl (C=O) groups is 2. The molecule has 2 heterocycles. The second-order valence-corrected chi connectivity index (χ2v) is 6.49. The molecule has 0 spiro atoms. The van der Waals surface area contributed by atoms with Gasteiger partial charge < -0.3 is 15.0 Å². The average molecular weight is 368 g/mol. The van der Waals surface area contributed by atoms with E-state index in [1.807, 2.05) is 41.3 Å². The number of aldehydes is 1. The van der Waals surface area contributed by atoms with Gasteiger partial charge in [-0.15, -0.1) is 0 Å². The zero-order valence-corrected chi connectivity index (χ0v) is 15.4. The summed E-state index contributed by atoms with van der Waals surface area (Å²) >= 11 is 0. The van der Waals surface area contributed by atoms with Gasteiger partial charge in [0.05, 0.1) is 12.8 Å². The third-order valence-corrected chi connectivity index (χ3v) is 4.97. The molecule has 1 fully saturated rings. The van der Waals surface area contributed by atoms with Crippen LogP contribution >= 0.6 is 0 Å². The highest BCUT2D eigenvalue weighted by Gasteiger charge is 2.38. The zero-order valence-electron chi connectivity index (χ0n) is 15.4. The van der Waals surface area contributed by atoms with Crippen molar-refractivity contribution in [2.24, 2.45) is 0 Å². The number of para-hydroxylation sites is 2. The van der Waals surface area contributed by atoms with Crippen molar-refractivity contribution in [3.8, 4) is 5.75 Å². The Bertz CT molecular complexity index is 763. The van der Waals surface area contributed by atoms with Crippen molar-refractivity contribution in [2.75, 3.05) is 38.2 Å². The molecule has 1 N–H and O–H groups in total. The molecule has 0 saturated carbocycles. The van der Waals surface area contributed by atoms with Crippen molar-refractivity contribution in [3.05, 3.63) is 54.4 Å². The average Bonchev–Trinajstić information content (AvgIpc) is 2.74. The van der Waals surface area contributed by atoms with E-state index in [-0.39, 0.29) is 0 Å². The number of amides is 1. The van der Waals surface area contributed by atoms with Gasteiger partial charge in [0.15, 0.2) is 11.9 Å². The molecular weight excluding hydrogens is 344 g/mol. The third kappa shape index (κ3) is 4.09. The lowest BCUT2D eigenvalue weighted by Crippen LogP contribution is -2.65. The lowest BCUT2D eigenvalue weighted by atomic mass is 9.99. The van der Waals surface area contributed by atoms with Crippen molar-refractivity contribution in [3.63, 3.8) is 0 Å². The van der Waals surface area contributed by atoms with Gasteiger partial charge in [-0.2, -0.15) is 0 Å². The SMILES string of the molecule is COc1ccccc1N1CCN(C(C=O)(Cc2cccnc2)NC=O)CC1. The summed E-state index contributed by atoms with van der Waals surface area (Å²) in [5.74, 6) is 0.828. The first-order valence-electron chi connectivity index (χ1n) is 8.92. The van der Waals surface area contributed by atoms with Crippen molar-refractivity contribution >= 4 is 18.4 Å². The molecule has 1 aromatic carbocycles. The van der Waals surface area contributed by atoms with Gasteiger partial charge in [0.2, 0.25) is 6.41 Å². The predicted octanol–water partition coefficient (Wildman–Crippen LogP) is 1.10. The molecule has 1 saturated heterocycles. The van der Waals surface area contributed by atoms with Crippen LogP contribution in [-0.4, -0.2) is 61.5 Å². The molecule has 1 aliphatic heterocycles. The normalized spacial score (nSPS) is 17.0. The van der Waals surface area contributed by atoms with Crippen molar-refractivity contribution in [2.45, 2.75) is 12.1 Å². The van der Waals surface area contributed by atoms with Crippen molar-refractivity contribution in [1.82, 2.24) is 15.2 Å². The minimum atomic E-state index is -1.07. The number of methoxy groups -OCH3 is 1. The number of aromatic nitrogens is 1. The van der Waals surface area contributed by atoms with E-state index in [4.69, 9.17) is 4.74 Å². The molecule has 142 valence electrons. The first-order chi connectivity index (χ1) is 13.2. The molecule has 7 nitrogen and oxygen atoms in total. The number of piperazine rings is 1. The van der Waals surface area contributed by atoms with E-state index >= 15 is 0 Å². The third-order valence-electron chi connectivity index (χ3n) is 4.97. The van der Waals surface area contributed by atoms with Gasteiger partial charge in [-0.25, -0.2) is 0 Å². The topological polar surface area (TPSA) is 74.8 Å². The van der Waals surface area contributed by atoms with Crippen LogP contribution in [0.25, 0.3) is 0 Å². The molecule has 7 heteroatoms. The van der Waals surface area contributed by atoms with Crippen LogP contribution in [0.3, 0.4) is 0 Å². The molecule has 3 rings (SSSR count). The van der Waals surface area contributed by atoms with Crippen molar-refractivity contribution in [1.29, 1.82) is 0 Å². The number of carbonyl (C=O) groups excluding carboxylic acids is 2. The molecular formula is C20H24N4O3. The number of hydrogen-bond donors (Lipinski definition) is 1.